The second kappa shape index (κ2) is 12.2. The average Bonchev–Trinajstić information content (AvgIpc) is 2.60. The fourth-order valence-electron chi connectivity index (χ4n) is 3.43. The molecule has 0 saturated carbocycles. The van der Waals surface area contributed by atoms with Crippen molar-refractivity contribution in [1.82, 2.24) is 20.4 Å². The lowest BCUT2D eigenvalue weighted by Gasteiger charge is -2.38. The van der Waals surface area contributed by atoms with E-state index in [-0.39, 0.29) is 29.4 Å². The standard InChI is InChI=1S/C21H36ClN5.HI/c1-6-23-20(24-14-19-15-26(4)10-11-27(19)5)25-16-21(2,3)13-17-8-7-9-18(22)12-17;/h7-9,12,19H,6,10-11,13-16H2,1-5H3,(H2,23,24,25);1H. The van der Waals surface area contributed by atoms with Crippen molar-refractivity contribution < 1.29 is 0 Å². The van der Waals surface area contributed by atoms with Crippen LogP contribution in [-0.4, -0.2) is 75.2 Å². The van der Waals surface area contributed by atoms with Crippen molar-refractivity contribution in [3.8, 4) is 0 Å². The summed E-state index contributed by atoms with van der Waals surface area (Å²) in [6.45, 7) is 12.5. The van der Waals surface area contributed by atoms with Crippen molar-refractivity contribution in [3.05, 3.63) is 34.9 Å². The molecule has 0 aliphatic carbocycles. The fourth-order valence-corrected chi connectivity index (χ4v) is 3.64. The molecule has 0 aromatic heterocycles. The molecule has 0 spiro atoms. The molecule has 0 amide bonds. The van der Waals surface area contributed by atoms with E-state index in [9.17, 15) is 0 Å². The zero-order valence-electron chi connectivity index (χ0n) is 18.0. The minimum Gasteiger partial charge on any atom is -0.357 e. The van der Waals surface area contributed by atoms with Crippen LogP contribution in [0.4, 0.5) is 0 Å². The molecule has 1 aliphatic heterocycles. The van der Waals surface area contributed by atoms with Gasteiger partial charge in [0.1, 0.15) is 0 Å². The van der Waals surface area contributed by atoms with E-state index in [1.165, 1.54) is 5.56 Å². The summed E-state index contributed by atoms with van der Waals surface area (Å²) in [7, 11) is 4.40. The zero-order valence-corrected chi connectivity index (χ0v) is 21.1. The minimum absolute atomic E-state index is 0. The quantitative estimate of drug-likeness (QED) is 0.328. The summed E-state index contributed by atoms with van der Waals surface area (Å²) >= 11 is 6.12. The molecule has 2 N–H and O–H groups in total. The van der Waals surface area contributed by atoms with Gasteiger partial charge in [-0.25, -0.2) is 0 Å². The number of likely N-dealkylation sites (N-methyl/N-ethyl adjacent to an activating group) is 2. The molecule has 1 atom stereocenters. The third-order valence-corrected chi connectivity index (χ3v) is 5.30. The van der Waals surface area contributed by atoms with E-state index in [1.807, 2.05) is 18.2 Å². The molecule has 1 aromatic carbocycles. The van der Waals surface area contributed by atoms with Crippen LogP contribution < -0.4 is 10.6 Å². The molecular formula is C21H37ClIN5. The Hall–Kier alpha value is -0.570. The molecule has 160 valence electrons. The van der Waals surface area contributed by atoms with E-state index >= 15 is 0 Å². The van der Waals surface area contributed by atoms with Gasteiger partial charge >= 0.3 is 0 Å². The summed E-state index contributed by atoms with van der Waals surface area (Å²) in [6.07, 6.45) is 0.951. The summed E-state index contributed by atoms with van der Waals surface area (Å²) in [5.74, 6) is 0.901. The first-order valence-corrected chi connectivity index (χ1v) is 10.3. The first-order valence-electron chi connectivity index (χ1n) is 9.94. The summed E-state index contributed by atoms with van der Waals surface area (Å²) in [6, 6.07) is 8.62. The van der Waals surface area contributed by atoms with E-state index < -0.39 is 0 Å². The average molecular weight is 522 g/mol. The molecule has 1 unspecified atom stereocenters. The largest absolute Gasteiger partial charge is 0.357 e. The van der Waals surface area contributed by atoms with Crippen molar-refractivity contribution in [2.24, 2.45) is 10.4 Å². The second-order valence-electron chi connectivity index (χ2n) is 8.44. The number of hydrogen-bond donors (Lipinski definition) is 2. The first-order chi connectivity index (χ1) is 12.8. The van der Waals surface area contributed by atoms with Crippen LogP contribution in [0.2, 0.25) is 5.02 Å². The van der Waals surface area contributed by atoms with E-state index in [4.69, 9.17) is 16.6 Å². The summed E-state index contributed by atoms with van der Waals surface area (Å²) < 4.78 is 0. The Kier molecular flexibility index (Phi) is 11.1. The third-order valence-electron chi connectivity index (χ3n) is 5.07. The lowest BCUT2D eigenvalue weighted by molar-refractivity contribution is 0.116. The molecule has 1 aromatic rings. The maximum absolute atomic E-state index is 6.12. The first kappa shape index (κ1) is 25.5. The van der Waals surface area contributed by atoms with Crippen molar-refractivity contribution in [2.45, 2.75) is 33.2 Å². The van der Waals surface area contributed by atoms with Crippen LogP contribution in [0.5, 0.6) is 0 Å². The number of nitrogens with one attached hydrogen (secondary N) is 2. The topological polar surface area (TPSA) is 42.9 Å². The number of rotatable bonds is 7. The van der Waals surface area contributed by atoms with Gasteiger partial charge in [0.25, 0.3) is 0 Å². The molecule has 1 fully saturated rings. The fraction of sp³-hybridized carbons (Fsp3) is 0.667. The lowest BCUT2D eigenvalue weighted by Crippen LogP contribution is -2.55. The van der Waals surface area contributed by atoms with Gasteiger partial charge in [0.05, 0.1) is 0 Å². The van der Waals surface area contributed by atoms with E-state index in [0.29, 0.717) is 6.04 Å². The Bertz CT molecular complexity index is 623. The Labute approximate surface area is 193 Å². The predicted octanol–water partition coefficient (Wildman–Crippen LogP) is 3.33. The van der Waals surface area contributed by atoms with Gasteiger partial charge < -0.3 is 15.5 Å². The van der Waals surface area contributed by atoms with Crippen LogP contribution in [-0.2, 0) is 6.42 Å². The highest BCUT2D eigenvalue weighted by molar-refractivity contribution is 14.0. The molecule has 1 aliphatic rings. The maximum atomic E-state index is 6.12. The molecular weight excluding hydrogens is 485 g/mol. The third kappa shape index (κ3) is 8.84. The number of nitrogens with zero attached hydrogens (tertiary/aromatic N) is 3. The number of aliphatic imine (C=N–C) groups is 1. The number of guanidine groups is 1. The van der Waals surface area contributed by atoms with Crippen LogP contribution in [0.1, 0.15) is 26.3 Å². The van der Waals surface area contributed by atoms with Gasteiger partial charge in [-0.05, 0) is 50.6 Å². The van der Waals surface area contributed by atoms with Gasteiger partial charge in [-0.3, -0.25) is 9.89 Å². The van der Waals surface area contributed by atoms with Gasteiger partial charge in [-0.15, -0.1) is 24.0 Å². The molecule has 2 rings (SSSR count). The van der Waals surface area contributed by atoms with Crippen molar-refractivity contribution in [2.75, 3.05) is 53.4 Å². The molecule has 0 bridgehead atoms. The Morgan fingerprint density at radius 2 is 2.00 bits per heavy atom. The highest BCUT2D eigenvalue weighted by Crippen LogP contribution is 2.24. The predicted molar refractivity (Wildman–Crippen MR) is 132 cm³/mol. The Balaban J connectivity index is 0.00000392. The SMILES string of the molecule is CCNC(=NCC(C)(C)Cc1cccc(Cl)c1)NCC1CN(C)CCN1C.I. The summed E-state index contributed by atoms with van der Waals surface area (Å²) in [4.78, 5) is 9.69. The number of piperazine rings is 1. The lowest BCUT2D eigenvalue weighted by atomic mass is 9.86. The zero-order chi connectivity index (χ0) is 19.9. The van der Waals surface area contributed by atoms with Gasteiger partial charge in [0.15, 0.2) is 5.96 Å². The van der Waals surface area contributed by atoms with Crippen molar-refractivity contribution in [3.63, 3.8) is 0 Å². The molecule has 1 heterocycles. The molecule has 1 saturated heterocycles. The van der Waals surface area contributed by atoms with Crippen LogP contribution in [0, 0.1) is 5.41 Å². The van der Waals surface area contributed by atoms with Crippen LogP contribution >= 0.6 is 35.6 Å². The minimum atomic E-state index is 0. The summed E-state index contributed by atoms with van der Waals surface area (Å²) in [5, 5.41) is 7.71. The number of halogens is 2. The van der Waals surface area contributed by atoms with Crippen molar-refractivity contribution >= 4 is 41.5 Å². The van der Waals surface area contributed by atoms with Crippen LogP contribution in [0.15, 0.2) is 29.3 Å². The Morgan fingerprint density at radius 3 is 2.68 bits per heavy atom. The Morgan fingerprint density at radius 1 is 1.25 bits per heavy atom. The van der Waals surface area contributed by atoms with E-state index in [0.717, 1.165) is 56.7 Å². The van der Waals surface area contributed by atoms with Gasteiger partial charge in [-0.2, -0.15) is 0 Å². The van der Waals surface area contributed by atoms with Crippen molar-refractivity contribution in [1.29, 1.82) is 0 Å². The van der Waals surface area contributed by atoms with E-state index in [1.54, 1.807) is 0 Å². The monoisotopic (exact) mass is 521 g/mol. The highest BCUT2D eigenvalue weighted by Gasteiger charge is 2.22. The number of benzene rings is 1. The van der Waals surface area contributed by atoms with Gasteiger partial charge in [0.2, 0.25) is 0 Å². The summed E-state index contributed by atoms with van der Waals surface area (Å²) in [5.41, 5.74) is 1.32. The molecule has 28 heavy (non-hydrogen) atoms. The molecule has 5 nitrogen and oxygen atoms in total. The van der Waals surface area contributed by atoms with Crippen LogP contribution in [0.25, 0.3) is 0 Å². The van der Waals surface area contributed by atoms with Crippen LogP contribution in [0.3, 0.4) is 0 Å². The smallest absolute Gasteiger partial charge is 0.191 e. The molecule has 7 heteroatoms. The van der Waals surface area contributed by atoms with E-state index in [2.05, 4.69) is 61.4 Å². The highest BCUT2D eigenvalue weighted by atomic mass is 127. The molecule has 0 radical (unpaired) electrons. The number of hydrogen-bond acceptors (Lipinski definition) is 3. The van der Waals surface area contributed by atoms with Gasteiger partial charge in [0, 0.05) is 50.3 Å². The normalized spacial score (nSPS) is 19.2. The second-order valence-corrected chi connectivity index (χ2v) is 8.88. The van der Waals surface area contributed by atoms with Gasteiger partial charge in [-0.1, -0.05) is 37.6 Å². The maximum Gasteiger partial charge on any atom is 0.191 e.